The minimum Gasteiger partial charge on any atom is -0.388 e. The molecule has 0 spiro atoms. The standard InChI is InChI=1S/C16H26O/c1-12(2)5-10-16(17)15-8-6-14(7-9-15)11-13(3)4/h6-9,12-13,16-17H,5,10-11H2,1-4H3. The van der Waals surface area contributed by atoms with Crippen molar-refractivity contribution in [2.45, 2.75) is 53.1 Å². The fourth-order valence-corrected chi connectivity index (χ4v) is 2.01. The van der Waals surface area contributed by atoms with Crippen LogP contribution in [0.5, 0.6) is 0 Å². The molecule has 0 fully saturated rings. The van der Waals surface area contributed by atoms with E-state index in [0.717, 1.165) is 24.8 Å². The highest BCUT2D eigenvalue weighted by atomic mass is 16.3. The molecule has 0 aliphatic carbocycles. The van der Waals surface area contributed by atoms with E-state index in [1.54, 1.807) is 0 Å². The van der Waals surface area contributed by atoms with E-state index in [1.165, 1.54) is 5.56 Å². The van der Waals surface area contributed by atoms with Gasteiger partial charge in [-0.3, -0.25) is 0 Å². The van der Waals surface area contributed by atoms with E-state index >= 15 is 0 Å². The second-order valence-electron chi connectivity index (χ2n) is 5.83. The maximum Gasteiger partial charge on any atom is 0.0790 e. The van der Waals surface area contributed by atoms with E-state index in [9.17, 15) is 5.11 Å². The molecule has 0 radical (unpaired) electrons. The molecule has 1 heteroatoms. The van der Waals surface area contributed by atoms with Gasteiger partial charge in [-0.25, -0.2) is 0 Å². The van der Waals surface area contributed by atoms with Crippen LogP contribution in [0.15, 0.2) is 24.3 Å². The molecule has 1 nitrogen and oxygen atoms in total. The summed E-state index contributed by atoms with van der Waals surface area (Å²) in [4.78, 5) is 0. The number of aliphatic hydroxyl groups is 1. The molecule has 96 valence electrons. The molecule has 17 heavy (non-hydrogen) atoms. The zero-order chi connectivity index (χ0) is 12.8. The number of hydrogen-bond acceptors (Lipinski definition) is 1. The van der Waals surface area contributed by atoms with Crippen LogP contribution in [-0.2, 0) is 6.42 Å². The molecule has 0 heterocycles. The van der Waals surface area contributed by atoms with Crippen molar-refractivity contribution in [1.29, 1.82) is 0 Å². The molecule has 1 N–H and O–H groups in total. The van der Waals surface area contributed by atoms with E-state index in [0.29, 0.717) is 11.8 Å². The lowest BCUT2D eigenvalue weighted by atomic mass is 9.97. The first-order valence-corrected chi connectivity index (χ1v) is 6.76. The predicted octanol–water partition coefficient (Wildman–Crippen LogP) is 4.35. The van der Waals surface area contributed by atoms with Gasteiger partial charge in [0.05, 0.1) is 6.10 Å². The Morgan fingerprint density at radius 1 is 0.882 bits per heavy atom. The zero-order valence-electron chi connectivity index (χ0n) is 11.6. The molecule has 1 aromatic rings. The Balaban J connectivity index is 2.54. The fraction of sp³-hybridized carbons (Fsp3) is 0.625. The largest absolute Gasteiger partial charge is 0.388 e. The maximum atomic E-state index is 10.0. The number of aliphatic hydroxyl groups excluding tert-OH is 1. The number of hydrogen-bond donors (Lipinski definition) is 1. The molecule has 0 bridgehead atoms. The predicted molar refractivity (Wildman–Crippen MR) is 74.0 cm³/mol. The third-order valence-corrected chi connectivity index (χ3v) is 3.03. The van der Waals surface area contributed by atoms with Crippen molar-refractivity contribution in [3.8, 4) is 0 Å². The van der Waals surface area contributed by atoms with Crippen LogP contribution >= 0.6 is 0 Å². The fourth-order valence-electron chi connectivity index (χ4n) is 2.01. The van der Waals surface area contributed by atoms with Crippen molar-refractivity contribution in [2.24, 2.45) is 11.8 Å². The highest BCUT2D eigenvalue weighted by Gasteiger charge is 2.08. The van der Waals surface area contributed by atoms with Gasteiger partial charge in [0.1, 0.15) is 0 Å². The summed E-state index contributed by atoms with van der Waals surface area (Å²) in [6.45, 7) is 8.84. The lowest BCUT2D eigenvalue weighted by Gasteiger charge is -2.13. The van der Waals surface area contributed by atoms with Gasteiger partial charge in [-0.05, 0) is 42.2 Å². The van der Waals surface area contributed by atoms with E-state index in [4.69, 9.17) is 0 Å². The summed E-state index contributed by atoms with van der Waals surface area (Å²) in [6, 6.07) is 8.44. The van der Waals surface area contributed by atoms with Gasteiger partial charge in [-0.1, -0.05) is 52.0 Å². The van der Waals surface area contributed by atoms with Crippen LogP contribution in [0.3, 0.4) is 0 Å². The molecule has 0 saturated carbocycles. The molecule has 0 aliphatic rings. The molecule has 1 rings (SSSR count). The molecular formula is C16H26O. The normalized spacial score (nSPS) is 13.4. The minimum atomic E-state index is -0.300. The Bertz CT molecular complexity index is 311. The van der Waals surface area contributed by atoms with Crippen LogP contribution in [0.1, 0.15) is 57.8 Å². The van der Waals surface area contributed by atoms with Gasteiger partial charge in [-0.2, -0.15) is 0 Å². The Morgan fingerprint density at radius 3 is 1.94 bits per heavy atom. The van der Waals surface area contributed by atoms with Gasteiger partial charge in [-0.15, -0.1) is 0 Å². The smallest absolute Gasteiger partial charge is 0.0790 e. The van der Waals surface area contributed by atoms with Gasteiger partial charge in [0.25, 0.3) is 0 Å². The Kier molecular flexibility index (Phi) is 5.70. The molecule has 0 aliphatic heterocycles. The summed E-state index contributed by atoms with van der Waals surface area (Å²) >= 11 is 0. The Labute approximate surface area is 106 Å². The van der Waals surface area contributed by atoms with Gasteiger partial charge in [0.15, 0.2) is 0 Å². The van der Waals surface area contributed by atoms with E-state index in [1.807, 2.05) is 0 Å². The molecule has 1 unspecified atom stereocenters. The lowest BCUT2D eigenvalue weighted by molar-refractivity contribution is 0.159. The van der Waals surface area contributed by atoms with Crippen LogP contribution in [0.2, 0.25) is 0 Å². The van der Waals surface area contributed by atoms with Crippen molar-refractivity contribution < 1.29 is 5.11 Å². The summed E-state index contributed by atoms with van der Waals surface area (Å²) in [5.41, 5.74) is 2.41. The van der Waals surface area contributed by atoms with Crippen molar-refractivity contribution in [2.75, 3.05) is 0 Å². The molecular weight excluding hydrogens is 208 g/mol. The first-order chi connectivity index (χ1) is 7.99. The second-order valence-corrected chi connectivity index (χ2v) is 5.83. The van der Waals surface area contributed by atoms with E-state index < -0.39 is 0 Å². The van der Waals surface area contributed by atoms with Crippen molar-refractivity contribution in [3.05, 3.63) is 35.4 Å². The number of rotatable bonds is 6. The average molecular weight is 234 g/mol. The average Bonchev–Trinajstić information content (AvgIpc) is 2.26. The third-order valence-electron chi connectivity index (χ3n) is 3.03. The highest BCUT2D eigenvalue weighted by Crippen LogP contribution is 2.21. The van der Waals surface area contributed by atoms with Crippen LogP contribution in [0, 0.1) is 11.8 Å². The first-order valence-electron chi connectivity index (χ1n) is 6.76. The van der Waals surface area contributed by atoms with Crippen molar-refractivity contribution in [3.63, 3.8) is 0 Å². The third kappa shape index (κ3) is 5.36. The van der Waals surface area contributed by atoms with Crippen LogP contribution < -0.4 is 0 Å². The maximum absolute atomic E-state index is 10.0. The quantitative estimate of drug-likeness (QED) is 0.775. The monoisotopic (exact) mass is 234 g/mol. The molecule has 1 atom stereocenters. The summed E-state index contributed by atoms with van der Waals surface area (Å²) < 4.78 is 0. The minimum absolute atomic E-state index is 0.300. The molecule has 0 amide bonds. The molecule has 0 saturated heterocycles. The van der Waals surface area contributed by atoms with Crippen LogP contribution in [0.4, 0.5) is 0 Å². The Hall–Kier alpha value is -0.820. The van der Waals surface area contributed by atoms with Crippen molar-refractivity contribution >= 4 is 0 Å². The molecule has 0 aromatic heterocycles. The Morgan fingerprint density at radius 2 is 1.47 bits per heavy atom. The SMILES string of the molecule is CC(C)CCC(O)c1ccc(CC(C)C)cc1. The topological polar surface area (TPSA) is 20.2 Å². The zero-order valence-corrected chi connectivity index (χ0v) is 11.6. The van der Waals surface area contributed by atoms with E-state index in [-0.39, 0.29) is 6.10 Å². The van der Waals surface area contributed by atoms with Gasteiger partial charge < -0.3 is 5.11 Å². The summed E-state index contributed by atoms with van der Waals surface area (Å²) in [5, 5.41) is 10.0. The van der Waals surface area contributed by atoms with Gasteiger partial charge in [0.2, 0.25) is 0 Å². The van der Waals surface area contributed by atoms with Gasteiger partial charge >= 0.3 is 0 Å². The van der Waals surface area contributed by atoms with Crippen LogP contribution in [-0.4, -0.2) is 5.11 Å². The first kappa shape index (κ1) is 14.2. The van der Waals surface area contributed by atoms with Crippen molar-refractivity contribution in [1.82, 2.24) is 0 Å². The summed E-state index contributed by atoms with van der Waals surface area (Å²) in [7, 11) is 0. The highest BCUT2D eigenvalue weighted by molar-refractivity contribution is 5.24. The summed E-state index contributed by atoms with van der Waals surface area (Å²) in [5.74, 6) is 1.34. The van der Waals surface area contributed by atoms with Crippen LogP contribution in [0.25, 0.3) is 0 Å². The second kappa shape index (κ2) is 6.80. The van der Waals surface area contributed by atoms with Gasteiger partial charge in [0, 0.05) is 0 Å². The summed E-state index contributed by atoms with van der Waals surface area (Å²) in [6.07, 6.45) is 2.75. The lowest BCUT2D eigenvalue weighted by Crippen LogP contribution is -2.01. The molecule has 1 aromatic carbocycles. The number of benzene rings is 1. The van der Waals surface area contributed by atoms with E-state index in [2.05, 4.69) is 52.0 Å².